The highest BCUT2D eigenvalue weighted by Gasteiger charge is 2.84. The number of esters is 1. The van der Waals surface area contributed by atoms with Crippen LogP contribution in [0.15, 0.2) is 11.1 Å². The fourth-order valence-electron chi connectivity index (χ4n) is 9.04. The second-order valence-electron chi connectivity index (χ2n) is 11.0. The van der Waals surface area contributed by atoms with Gasteiger partial charge >= 0.3 is 5.97 Å². The van der Waals surface area contributed by atoms with Crippen LogP contribution < -0.4 is 0 Å². The molecule has 2 heterocycles. The zero-order valence-electron chi connectivity index (χ0n) is 16.3. The highest BCUT2D eigenvalue weighted by Crippen LogP contribution is 2.81. The van der Waals surface area contributed by atoms with Crippen LogP contribution in [0.3, 0.4) is 0 Å². The molecule has 7 aliphatic rings. The molecule has 7 rings (SSSR count). The molecule has 8 atom stereocenters. The minimum Gasteiger partial charge on any atom is -0.458 e. The van der Waals surface area contributed by atoms with E-state index in [0.717, 1.165) is 25.7 Å². The van der Waals surface area contributed by atoms with Gasteiger partial charge in [-0.1, -0.05) is 25.0 Å². The van der Waals surface area contributed by atoms with E-state index in [1.165, 1.54) is 18.4 Å². The maximum Gasteiger partial charge on any atom is 0.306 e. The highest BCUT2D eigenvalue weighted by molar-refractivity contribution is 5.84. The van der Waals surface area contributed by atoms with Gasteiger partial charge in [-0.05, 0) is 50.4 Å². The van der Waals surface area contributed by atoms with Gasteiger partial charge in [0.2, 0.25) is 0 Å². The lowest BCUT2D eigenvalue weighted by atomic mass is 9.46. The summed E-state index contributed by atoms with van der Waals surface area (Å²) in [6, 6.07) is 0. The molecule has 6 unspecified atom stereocenters. The third-order valence-corrected chi connectivity index (χ3v) is 10.4. The normalized spacial score (nSPS) is 59.6. The number of ether oxygens (including phenoxy) is 2. The lowest BCUT2D eigenvalue weighted by Gasteiger charge is -2.56. The molecular formula is C23H28O4. The smallest absolute Gasteiger partial charge is 0.306 e. The van der Waals surface area contributed by atoms with Gasteiger partial charge in [0, 0.05) is 36.0 Å². The molecule has 2 spiro atoms. The van der Waals surface area contributed by atoms with Crippen LogP contribution in [0.1, 0.15) is 71.6 Å². The van der Waals surface area contributed by atoms with Crippen molar-refractivity contribution in [1.29, 1.82) is 0 Å². The van der Waals surface area contributed by atoms with Crippen molar-refractivity contribution in [2.45, 2.75) is 88.9 Å². The van der Waals surface area contributed by atoms with Crippen molar-refractivity contribution in [2.24, 2.45) is 28.6 Å². The lowest BCUT2D eigenvalue weighted by Crippen LogP contribution is -2.60. The summed E-state index contributed by atoms with van der Waals surface area (Å²) in [4.78, 5) is 24.3. The number of Topliss-reactive ketones (excluding diaryl/α,β-unsaturated/α-hetero) is 1. The van der Waals surface area contributed by atoms with Crippen LogP contribution in [0, 0.1) is 28.6 Å². The van der Waals surface area contributed by atoms with E-state index in [-0.39, 0.29) is 34.1 Å². The Bertz CT molecular complexity index is 858. The average Bonchev–Trinajstić information content (AvgIpc) is 3.49. The molecule has 5 aliphatic carbocycles. The van der Waals surface area contributed by atoms with Gasteiger partial charge in [-0.15, -0.1) is 0 Å². The number of epoxide rings is 1. The van der Waals surface area contributed by atoms with Gasteiger partial charge in [-0.2, -0.15) is 0 Å². The summed E-state index contributed by atoms with van der Waals surface area (Å²) in [6.07, 6.45) is 8.54. The third-order valence-electron chi connectivity index (χ3n) is 10.4. The summed E-state index contributed by atoms with van der Waals surface area (Å²) in [7, 11) is 0. The van der Waals surface area contributed by atoms with Gasteiger partial charge in [0.05, 0.1) is 6.10 Å². The van der Waals surface area contributed by atoms with E-state index in [1.807, 2.05) is 0 Å². The van der Waals surface area contributed by atoms with E-state index in [9.17, 15) is 9.59 Å². The molecule has 0 bridgehead atoms. The molecule has 0 aromatic heterocycles. The standard InChI is InChI=1S/C23H28O4/c1-20-6-3-12(24)9-16(20)13-10-14(13)19-15-4-7-22(8-5-18(25)27-22)21(15,2)11-17-23(19,20)26-17/h14-15,17,19H,3-11H2,1-2H3/t14?,15?,17-,19?,20?,21?,22-,23?/m1/s1. The molecule has 0 aromatic rings. The predicted octanol–water partition coefficient (Wildman–Crippen LogP) is 3.73. The van der Waals surface area contributed by atoms with Crippen molar-refractivity contribution >= 4 is 11.8 Å². The lowest BCUT2D eigenvalue weighted by molar-refractivity contribution is -0.164. The molecule has 4 heteroatoms. The van der Waals surface area contributed by atoms with Crippen molar-refractivity contribution in [3.63, 3.8) is 0 Å². The molecule has 0 radical (unpaired) electrons. The summed E-state index contributed by atoms with van der Waals surface area (Å²) in [5.74, 6) is 2.20. The Morgan fingerprint density at radius 2 is 1.93 bits per heavy atom. The fourth-order valence-corrected chi connectivity index (χ4v) is 9.04. The van der Waals surface area contributed by atoms with Gasteiger partial charge in [-0.3, -0.25) is 9.59 Å². The molecule has 27 heavy (non-hydrogen) atoms. The first-order valence-electron chi connectivity index (χ1n) is 11.0. The molecular weight excluding hydrogens is 340 g/mol. The van der Waals surface area contributed by atoms with Crippen LogP contribution in [-0.4, -0.2) is 29.1 Å². The van der Waals surface area contributed by atoms with Crippen molar-refractivity contribution < 1.29 is 19.1 Å². The van der Waals surface area contributed by atoms with Crippen molar-refractivity contribution in [2.75, 3.05) is 0 Å². The van der Waals surface area contributed by atoms with E-state index in [4.69, 9.17) is 9.47 Å². The monoisotopic (exact) mass is 368 g/mol. The van der Waals surface area contributed by atoms with Crippen LogP contribution in [-0.2, 0) is 19.1 Å². The van der Waals surface area contributed by atoms with Gasteiger partial charge in [0.1, 0.15) is 17.0 Å². The van der Waals surface area contributed by atoms with Gasteiger partial charge in [0.25, 0.3) is 0 Å². The summed E-state index contributed by atoms with van der Waals surface area (Å²) in [6.45, 7) is 4.81. The zero-order valence-corrected chi connectivity index (χ0v) is 16.3. The Morgan fingerprint density at radius 1 is 1.07 bits per heavy atom. The van der Waals surface area contributed by atoms with Gasteiger partial charge in [-0.25, -0.2) is 0 Å². The SMILES string of the molecule is CC12CCC(=O)CC1=C1CC1C1C3CC[C@@]4(CCC(=O)O4)C3(C)C[C@H]3OC132. The van der Waals surface area contributed by atoms with Crippen LogP contribution in [0.5, 0.6) is 0 Å². The van der Waals surface area contributed by atoms with E-state index >= 15 is 0 Å². The summed E-state index contributed by atoms with van der Waals surface area (Å²) in [5, 5.41) is 0. The van der Waals surface area contributed by atoms with Gasteiger partial charge in [0.15, 0.2) is 0 Å². The molecule has 4 nitrogen and oxygen atoms in total. The van der Waals surface area contributed by atoms with Gasteiger partial charge < -0.3 is 9.47 Å². The van der Waals surface area contributed by atoms with Crippen LogP contribution in [0.25, 0.3) is 0 Å². The van der Waals surface area contributed by atoms with E-state index in [1.54, 1.807) is 5.57 Å². The van der Waals surface area contributed by atoms with Crippen LogP contribution in [0.2, 0.25) is 0 Å². The fraction of sp³-hybridized carbons (Fsp3) is 0.826. The summed E-state index contributed by atoms with van der Waals surface area (Å²) in [5.41, 5.74) is 2.90. The number of allylic oxidation sites excluding steroid dienone is 1. The number of carbonyl (C=O) groups is 2. The Balaban J connectivity index is 1.36. The Morgan fingerprint density at radius 3 is 2.70 bits per heavy atom. The van der Waals surface area contributed by atoms with Crippen LogP contribution >= 0.6 is 0 Å². The quantitative estimate of drug-likeness (QED) is 0.371. The third kappa shape index (κ3) is 1.47. The Kier molecular flexibility index (Phi) is 2.46. The number of carbonyl (C=O) groups excluding carboxylic acids is 2. The first-order valence-corrected chi connectivity index (χ1v) is 11.0. The second-order valence-corrected chi connectivity index (χ2v) is 11.0. The van der Waals surface area contributed by atoms with Crippen molar-refractivity contribution in [1.82, 2.24) is 0 Å². The number of fused-ring (bicyclic) bond motifs is 6. The Labute approximate surface area is 160 Å². The Hall–Kier alpha value is -1.16. The molecule has 2 saturated heterocycles. The number of hydrogen-bond donors (Lipinski definition) is 0. The number of hydrogen-bond acceptors (Lipinski definition) is 4. The summed E-state index contributed by atoms with van der Waals surface area (Å²) >= 11 is 0. The predicted molar refractivity (Wildman–Crippen MR) is 96.7 cm³/mol. The molecule has 4 saturated carbocycles. The topological polar surface area (TPSA) is 55.9 Å². The largest absolute Gasteiger partial charge is 0.458 e. The van der Waals surface area contributed by atoms with E-state index in [0.29, 0.717) is 42.8 Å². The minimum atomic E-state index is -0.241. The molecule has 0 aromatic carbocycles. The number of rotatable bonds is 0. The first kappa shape index (κ1) is 15.7. The summed E-state index contributed by atoms with van der Waals surface area (Å²) < 4.78 is 12.8. The van der Waals surface area contributed by atoms with Crippen LogP contribution in [0.4, 0.5) is 0 Å². The van der Waals surface area contributed by atoms with E-state index < -0.39 is 0 Å². The van der Waals surface area contributed by atoms with E-state index in [2.05, 4.69) is 13.8 Å². The highest BCUT2D eigenvalue weighted by atomic mass is 16.6. The molecule has 144 valence electrons. The zero-order chi connectivity index (χ0) is 18.4. The molecule has 2 aliphatic heterocycles. The number of ketones is 1. The van der Waals surface area contributed by atoms with Crippen molar-refractivity contribution in [3.05, 3.63) is 11.1 Å². The minimum absolute atomic E-state index is 0.00104. The maximum absolute atomic E-state index is 12.2. The first-order chi connectivity index (χ1) is 12.8. The second kappa shape index (κ2) is 4.22. The molecule has 6 fully saturated rings. The van der Waals surface area contributed by atoms with Crippen molar-refractivity contribution in [3.8, 4) is 0 Å². The molecule has 0 N–H and O–H groups in total. The molecule has 0 amide bonds. The average molecular weight is 368 g/mol. The maximum atomic E-state index is 12.2.